The average Bonchev–Trinajstić information content (AvgIpc) is 2.36. The fourth-order valence-corrected chi connectivity index (χ4v) is 2.36. The Morgan fingerprint density at radius 1 is 1.37 bits per heavy atom. The van der Waals surface area contributed by atoms with E-state index < -0.39 is 10.0 Å². The number of aromatic nitrogens is 1. The van der Waals surface area contributed by atoms with Gasteiger partial charge in [-0.05, 0) is 13.1 Å². The molecule has 1 aromatic heterocycles. The van der Waals surface area contributed by atoms with Crippen molar-refractivity contribution < 1.29 is 13.2 Å². The van der Waals surface area contributed by atoms with Gasteiger partial charge in [0, 0.05) is 39.0 Å². The minimum Gasteiger partial charge on any atom is -0.383 e. The Bertz CT molecular complexity index is 521. The monoisotopic (exact) mass is 289 g/mol. The van der Waals surface area contributed by atoms with Crippen LogP contribution in [0.15, 0.2) is 28.0 Å². The molecule has 1 rings (SSSR count). The van der Waals surface area contributed by atoms with Gasteiger partial charge >= 0.3 is 0 Å². The fourth-order valence-electron chi connectivity index (χ4n) is 1.38. The minimum atomic E-state index is -3.57. The molecule has 19 heavy (non-hydrogen) atoms. The van der Waals surface area contributed by atoms with Crippen molar-refractivity contribution in [2.24, 2.45) is 0 Å². The summed E-state index contributed by atoms with van der Waals surface area (Å²) in [6.07, 6.45) is 1.18. The number of hydrogen-bond donors (Lipinski definition) is 2. The van der Waals surface area contributed by atoms with E-state index in [0.717, 1.165) is 6.54 Å². The maximum absolute atomic E-state index is 11.9. The summed E-state index contributed by atoms with van der Waals surface area (Å²) in [6, 6.07) is 2.45. The van der Waals surface area contributed by atoms with Crippen LogP contribution >= 0.6 is 0 Å². The van der Waals surface area contributed by atoms with Gasteiger partial charge in [-0.3, -0.25) is 4.79 Å². The molecule has 0 amide bonds. The maximum Gasteiger partial charge on any atom is 0.247 e. The predicted molar refractivity (Wildman–Crippen MR) is 71.6 cm³/mol. The molecule has 0 aliphatic rings. The van der Waals surface area contributed by atoms with E-state index in [1.54, 1.807) is 7.11 Å². The molecule has 0 saturated heterocycles. The zero-order chi connectivity index (χ0) is 14.3. The van der Waals surface area contributed by atoms with Crippen molar-refractivity contribution in [2.75, 3.05) is 40.4 Å². The Morgan fingerprint density at radius 2 is 2.11 bits per heavy atom. The Morgan fingerprint density at radius 3 is 2.68 bits per heavy atom. The summed E-state index contributed by atoms with van der Waals surface area (Å²) < 4.78 is 31.1. The smallest absolute Gasteiger partial charge is 0.247 e. The number of H-pyrrole nitrogens is 1. The number of methoxy groups -OCH3 is 1. The second-order valence-corrected chi connectivity index (χ2v) is 5.85. The van der Waals surface area contributed by atoms with Crippen LogP contribution in [0.4, 0.5) is 0 Å². The van der Waals surface area contributed by atoms with Crippen molar-refractivity contribution in [2.45, 2.75) is 4.90 Å². The summed E-state index contributed by atoms with van der Waals surface area (Å²) in [5.41, 5.74) is -0.335. The largest absolute Gasteiger partial charge is 0.383 e. The van der Waals surface area contributed by atoms with E-state index in [9.17, 15) is 13.2 Å². The Hall–Kier alpha value is -1.22. The van der Waals surface area contributed by atoms with Crippen LogP contribution in [0.25, 0.3) is 0 Å². The molecule has 1 heterocycles. The van der Waals surface area contributed by atoms with Gasteiger partial charge in [0.15, 0.2) is 0 Å². The summed E-state index contributed by atoms with van der Waals surface area (Å²) in [6.45, 7) is 2.20. The van der Waals surface area contributed by atoms with Crippen molar-refractivity contribution >= 4 is 10.0 Å². The lowest BCUT2D eigenvalue weighted by Crippen LogP contribution is -2.34. The third kappa shape index (κ3) is 5.52. The molecule has 1 aromatic rings. The van der Waals surface area contributed by atoms with E-state index >= 15 is 0 Å². The number of rotatable bonds is 8. The summed E-state index contributed by atoms with van der Waals surface area (Å²) in [5.74, 6) is 0. The molecule has 7 nitrogen and oxygen atoms in total. The van der Waals surface area contributed by atoms with Gasteiger partial charge in [-0.2, -0.15) is 0 Å². The highest BCUT2D eigenvalue weighted by molar-refractivity contribution is 7.89. The standard InChI is InChI=1S/C11H19N3O4S/c1-14(7-8-18-2)6-5-13-19(16,17)10-3-4-11(15)12-9-10/h3-4,9,13H,5-8H2,1-2H3,(H,12,15). The zero-order valence-electron chi connectivity index (χ0n) is 11.0. The number of pyridine rings is 1. The van der Waals surface area contributed by atoms with Gasteiger partial charge in [-0.25, -0.2) is 13.1 Å². The van der Waals surface area contributed by atoms with Crippen molar-refractivity contribution in [1.29, 1.82) is 0 Å². The van der Waals surface area contributed by atoms with Crippen molar-refractivity contribution in [1.82, 2.24) is 14.6 Å². The molecule has 0 aromatic carbocycles. The first-order chi connectivity index (χ1) is 8.95. The molecule has 0 aliphatic heterocycles. The van der Waals surface area contributed by atoms with Crippen LogP contribution in [0.2, 0.25) is 0 Å². The van der Waals surface area contributed by atoms with Crippen molar-refractivity contribution in [3.63, 3.8) is 0 Å². The number of nitrogens with zero attached hydrogens (tertiary/aromatic N) is 1. The average molecular weight is 289 g/mol. The number of aromatic amines is 1. The number of likely N-dealkylation sites (N-methyl/N-ethyl adjacent to an activating group) is 1. The highest BCUT2D eigenvalue weighted by atomic mass is 32.2. The molecule has 2 N–H and O–H groups in total. The molecule has 0 atom stereocenters. The lowest BCUT2D eigenvalue weighted by molar-refractivity contribution is 0.162. The van der Waals surface area contributed by atoms with Gasteiger partial charge in [0.25, 0.3) is 0 Å². The zero-order valence-corrected chi connectivity index (χ0v) is 11.9. The number of hydrogen-bond acceptors (Lipinski definition) is 5. The van der Waals surface area contributed by atoms with Crippen molar-refractivity contribution in [3.05, 3.63) is 28.7 Å². The van der Waals surface area contributed by atoms with Crippen LogP contribution in [0.5, 0.6) is 0 Å². The van der Waals surface area contributed by atoms with E-state index in [-0.39, 0.29) is 10.5 Å². The maximum atomic E-state index is 11.9. The van der Waals surface area contributed by atoms with Gasteiger partial charge < -0.3 is 14.6 Å². The third-order valence-corrected chi connectivity index (χ3v) is 3.99. The summed E-state index contributed by atoms with van der Waals surface area (Å²) in [5, 5.41) is 0. The molecule has 0 unspecified atom stereocenters. The molecule has 0 saturated carbocycles. The molecular formula is C11H19N3O4S. The first kappa shape index (κ1) is 15.8. The van der Waals surface area contributed by atoms with Gasteiger partial charge in [0.05, 0.1) is 11.5 Å². The van der Waals surface area contributed by atoms with Gasteiger partial charge in [0.2, 0.25) is 15.6 Å². The quantitative estimate of drug-likeness (QED) is 0.656. The lowest BCUT2D eigenvalue weighted by Gasteiger charge is -2.16. The number of ether oxygens (including phenoxy) is 1. The highest BCUT2D eigenvalue weighted by Gasteiger charge is 2.13. The third-order valence-electron chi connectivity index (χ3n) is 2.53. The SMILES string of the molecule is COCCN(C)CCNS(=O)(=O)c1ccc(=O)[nH]c1. The first-order valence-corrected chi connectivity index (χ1v) is 7.30. The van der Waals surface area contributed by atoms with E-state index in [1.165, 1.54) is 18.3 Å². The first-order valence-electron chi connectivity index (χ1n) is 5.81. The molecule has 0 bridgehead atoms. The summed E-state index contributed by atoms with van der Waals surface area (Å²) in [7, 11) is -0.0712. The Balaban J connectivity index is 2.47. The molecule has 108 valence electrons. The number of sulfonamides is 1. The van der Waals surface area contributed by atoms with E-state index in [2.05, 4.69) is 9.71 Å². The van der Waals surface area contributed by atoms with Crippen LogP contribution in [0, 0.1) is 0 Å². The van der Waals surface area contributed by atoms with Crippen molar-refractivity contribution in [3.8, 4) is 0 Å². The predicted octanol–water partition coefficient (Wildman–Crippen LogP) is -0.769. The molecular weight excluding hydrogens is 270 g/mol. The van der Waals surface area contributed by atoms with Crippen LogP contribution in [-0.2, 0) is 14.8 Å². The van der Waals surface area contributed by atoms with Crippen LogP contribution < -0.4 is 10.3 Å². The number of nitrogens with one attached hydrogen (secondary N) is 2. The van der Waals surface area contributed by atoms with Crippen LogP contribution in [0.3, 0.4) is 0 Å². The minimum absolute atomic E-state index is 0.0478. The van der Waals surface area contributed by atoms with Gasteiger partial charge in [-0.1, -0.05) is 0 Å². The molecule has 0 radical (unpaired) electrons. The highest BCUT2D eigenvalue weighted by Crippen LogP contribution is 2.03. The van der Waals surface area contributed by atoms with E-state index in [1.807, 2.05) is 11.9 Å². The van der Waals surface area contributed by atoms with E-state index in [0.29, 0.717) is 19.7 Å². The lowest BCUT2D eigenvalue weighted by atomic mass is 10.5. The Kier molecular flexibility index (Phi) is 6.16. The normalized spacial score (nSPS) is 11.9. The van der Waals surface area contributed by atoms with E-state index in [4.69, 9.17) is 4.74 Å². The molecule has 0 spiro atoms. The molecule has 0 fully saturated rings. The topological polar surface area (TPSA) is 91.5 Å². The van der Waals surface area contributed by atoms with Crippen LogP contribution in [-0.4, -0.2) is 58.7 Å². The second-order valence-electron chi connectivity index (χ2n) is 4.08. The summed E-state index contributed by atoms with van der Waals surface area (Å²) >= 11 is 0. The second kappa shape index (κ2) is 7.39. The fraction of sp³-hybridized carbons (Fsp3) is 0.545. The molecule has 8 heteroatoms. The molecule has 0 aliphatic carbocycles. The van der Waals surface area contributed by atoms with Crippen LogP contribution in [0.1, 0.15) is 0 Å². The van der Waals surface area contributed by atoms with Gasteiger partial charge in [0.1, 0.15) is 0 Å². The van der Waals surface area contributed by atoms with Gasteiger partial charge in [-0.15, -0.1) is 0 Å². The summed E-state index contributed by atoms with van der Waals surface area (Å²) in [4.78, 5) is 15.2. The Labute approximate surface area is 112 Å².